The molecule has 0 radical (unpaired) electrons. The summed E-state index contributed by atoms with van der Waals surface area (Å²) in [6.07, 6.45) is 7.65. The molecule has 0 saturated heterocycles. The van der Waals surface area contributed by atoms with Gasteiger partial charge in [-0.3, -0.25) is 9.36 Å². The molecule has 0 spiro atoms. The Balaban J connectivity index is 1.82. The maximum absolute atomic E-state index is 12.8. The van der Waals surface area contributed by atoms with E-state index in [1.807, 2.05) is 24.3 Å². The molecule has 2 aromatic heterocycles. The Morgan fingerprint density at radius 3 is 2.75 bits per heavy atom. The van der Waals surface area contributed by atoms with Gasteiger partial charge >= 0.3 is 11.2 Å². The monoisotopic (exact) mass is 324 g/mol. The Morgan fingerprint density at radius 2 is 2.04 bits per heavy atom. The third kappa shape index (κ3) is 2.38. The predicted molar refractivity (Wildman–Crippen MR) is 91.8 cm³/mol. The zero-order chi connectivity index (χ0) is 16.7. The van der Waals surface area contributed by atoms with Crippen LogP contribution in [0.2, 0.25) is 0 Å². The van der Waals surface area contributed by atoms with Crippen molar-refractivity contribution in [1.82, 2.24) is 18.7 Å². The molecule has 6 heteroatoms. The predicted octanol–water partition coefficient (Wildman–Crippen LogP) is 2.01. The molecule has 1 aliphatic carbocycles. The lowest BCUT2D eigenvalue weighted by atomic mass is 9.86. The number of fused-ring (bicyclic) bond motifs is 1. The lowest BCUT2D eigenvalue weighted by molar-refractivity contribution is 0.263. The van der Waals surface area contributed by atoms with Gasteiger partial charge in [-0.2, -0.15) is 0 Å². The smallest absolute Gasteiger partial charge is 0.280 e. The summed E-state index contributed by atoms with van der Waals surface area (Å²) < 4.78 is 4.34. The van der Waals surface area contributed by atoms with Gasteiger partial charge in [-0.15, -0.1) is 5.10 Å². The van der Waals surface area contributed by atoms with Gasteiger partial charge in [0, 0.05) is 24.6 Å². The summed E-state index contributed by atoms with van der Waals surface area (Å²) in [5.41, 5.74) is 1.64. The fourth-order valence-electron chi connectivity index (χ4n) is 3.18. The van der Waals surface area contributed by atoms with Crippen LogP contribution in [0.1, 0.15) is 31.7 Å². The molecule has 0 aliphatic heterocycles. The highest BCUT2D eigenvalue weighted by atomic mass is 16.2. The summed E-state index contributed by atoms with van der Waals surface area (Å²) in [7, 11) is 0. The molecule has 1 aliphatic rings. The van der Waals surface area contributed by atoms with Gasteiger partial charge in [-0.25, -0.2) is 13.9 Å². The molecule has 0 bridgehead atoms. The normalized spacial score (nSPS) is 14.9. The van der Waals surface area contributed by atoms with E-state index >= 15 is 0 Å². The maximum atomic E-state index is 12.8. The first-order valence-corrected chi connectivity index (χ1v) is 8.47. The molecule has 1 aromatic carbocycles. The van der Waals surface area contributed by atoms with Gasteiger partial charge in [0.2, 0.25) is 5.65 Å². The van der Waals surface area contributed by atoms with Gasteiger partial charge in [0.15, 0.2) is 0 Å². The first kappa shape index (κ1) is 14.9. The number of rotatable bonds is 4. The van der Waals surface area contributed by atoms with Crippen LogP contribution in [-0.2, 0) is 13.0 Å². The summed E-state index contributed by atoms with van der Waals surface area (Å²) in [5, 5.41) is 4.30. The summed E-state index contributed by atoms with van der Waals surface area (Å²) in [4.78, 5) is 25.2. The quantitative estimate of drug-likeness (QED) is 0.737. The molecule has 0 amide bonds. The largest absolute Gasteiger partial charge is 0.350 e. The van der Waals surface area contributed by atoms with Crippen molar-refractivity contribution in [2.24, 2.45) is 5.92 Å². The van der Waals surface area contributed by atoms with Crippen LogP contribution in [0.15, 0.2) is 46.2 Å². The van der Waals surface area contributed by atoms with E-state index in [4.69, 9.17) is 0 Å². The fourth-order valence-corrected chi connectivity index (χ4v) is 3.18. The molecule has 0 unspecified atom stereocenters. The lowest BCUT2D eigenvalue weighted by Gasteiger charge is -2.24. The highest BCUT2D eigenvalue weighted by molar-refractivity contribution is 5.41. The average molecular weight is 324 g/mol. The van der Waals surface area contributed by atoms with E-state index < -0.39 is 0 Å². The minimum Gasteiger partial charge on any atom is -0.280 e. The second kappa shape index (κ2) is 5.78. The fraction of sp³-hybridized carbons (Fsp3) is 0.389. The van der Waals surface area contributed by atoms with Gasteiger partial charge in [-0.1, -0.05) is 25.5 Å². The summed E-state index contributed by atoms with van der Waals surface area (Å²) in [5.74, 6) is 0.510. The molecule has 3 aromatic rings. The van der Waals surface area contributed by atoms with Crippen LogP contribution in [-0.4, -0.2) is 18.7 Å². The molecule has 0 atom stereocenters. The van der Waals surface area contributed by atoms with E-state index in [9.17, 15) is 9.59 Å². The Labute approximate surface area is 139 Å². The van der Waals surface area contributed by atoms with E-state index in [0.29, 0.717) is 12.5 Å². The van der Waals surface area contributed by atoms with Gasteiger partial charge in [0.25, 0.3) is 0 Å². The van der Waals surface area contributed by atoms with Crippen molar-refractivity contribution in [1.29, 1.82) is 0 Å². The highest BCUT2D eigenvalue weighted by Gasteiger charge is 2.21. The third-order valence-electron chi connectivity index (χ3n) is 4.90. The number of aryl methyl sites for hydroxylation is 1. The van der Waals surface area contributed by atoms with Crippen molar-refractivity contribution in [3.8, 4) is 5.69 Å². The number of hydrogen-bond donors (Lipinski definition) is 0. The topological polar surface area (TPSA) is 61.3 Å². The molecule has 0 N–H and O–H groups in total. The van der Waals surface area contributed by atoms with Gasteiger partial charge in [-0.05, 0) is 42.9 Å². The Hall–Kier alpha value is -2.63. The van der Waals surface area contributed by atoms with E-state index in [-0.39, 0.29) is 16.9 Å². The molecule has 24 heavy (non-hydrogen) atoms. The summed E-state index contributed by atoms with van der Waals surface area (Å²) in [6, 6.07) is 7.85. The van der Waals surface area contributed by atoms with Crippen LogP contribution in [0.4, 0.5) is 0 Å². The molecule has 1 saturated carbocycles. The number of hydrogen-bond acceptors (Lipinski definition) is 3. The third-order valence-corrected chi connectivity index (χ3v) is 4.90. The average Bonchev–Trinajstić information content (AvgIpc) is 2.89. The second-order valence-electron chi connectivity index (χ2n) is 6.45. The zero-order valence-corrected chi connectivity index (χ0v) is 13.7. The van der Waals surface area contributed by atoms with Crippen molar-refractivity contribution < 1.29 is 0 Å². The van der Waals surface area contributed by atoms with E-state index in [0.717, 1.165) is 30.5 Å². The van der Waals surface area contributed by atoms with Crippen molar-refractivity contribution in [2.45, 2.75) is 39.2 Å². The first-order valence-electron chi connectivity index (χ1n) is 8.47. The van der Waals surface area contributed by atoms with Crippen LogP contribution in [0.5, 0.6) is 0 Å². The maximum Gasteiger partial charge on any atom is 0.350 e. The minimum atomic E-state index is -0.268. The molecule has 6 nitrogen and oxygen atoms in total. The van der Waals surface area contributed by atoms with Gasteiger partial charge < -0.3 is 0 Å². The standard InChI is InChI=1S/C18H20N4O2/c1-2-13-5-4-8-15(11-13)20-9-10-21-16(17(20)23)19-22(18(21)24)12-14-6-3-7-14/h4-5,8-11,14H,2-3,6-7,12H2,1H3. The van der Waals surface area contributed by atoms with Crippen LogP contribution >= 0.6 is 0 Å². The van der Waals surface area contributed by atoms with E-state index in [1.165, 1.54) is 15.5 Å². The first-order chi connectivity index (χ1) is 11.7. The van der Waals surface area contributed by atoms with Crippen LogP contribution in [0.3, 0.4) is 0 Å². The number of aromatic nitrogens is 4. The summed E-state index contributed by atoms with van der Waals surface area (Å²) in [6.45, 7) is 2.68. The van der Waals surface area contributed by atoms with Crippen LogP contribution in [0.25, 0.3) is 11.3 Å². The van der Waals surface area contributed by atoms with E-state index in [2.05, 4.69) is 12.0 Å². The lowest BCUT2D eigenvalue weighted by Crippen LogP contribution is -2.28. The molecule has 1 fully saturated rings. The van der Waals surface area contributed by atoms with Crippen molar-refractivity contribution in [2.75, 3.05) is 0 Å². The summed E-state index contributed by atoms with van der Waals surface area (Å²) >= 11 is 0. The van der Waals surface area contributed by atoms with Gasteiger partial charge in [0.1, 0.15) is 0 Å². The number of nitrogens with zero attached hydrogens (tertiary/aromatic N) is 4. The minimum absolute atomic E-state index is 0.184. The molecular weight excluding hydrogens is 304 g/mol. The Kier molecular flexibility index (Phi) is 3.59. The molecular formula is C18H20N4O2. The van der Waals surface area contributed by atoms with Crippen molar-refractivity contribution in [3.05, 3.63) is 63.1 Å². The highest BCUT2D eigenvalue weighted by Crippen LogP contribution is 2.27. The van der Waals surface area contributed by atoms with Crippen LogP contribution < -0.4 is 11.2 Å². The van der Waals surface area contributed by atoms with Gasteiger partial charge in [0.05, 0.1) is 0 Å². The van der Waals surface area contributed by atoms with Crippen molar-refractivity contribution >= 4 is 5.65 Å². The molecule has 124 valence electrons. The Morgan fingerprint density at radius 1 is 1.21 bits per heavy atom. The second-order valence-corrected chi connectivity index (χ2v) is 6.45. The molecule has 4 rings (SSSR count). The Bertz CT molecular complexity index is 1010. The van der Waals surface area contributed by atoms with Crippen LogP contribution in [0, 0.1) is 5.92 Å². The zero-order valence-electron chi connectivity index (χ0n) is 13.7. The number of benzene rings is 1. The SMILES string of the molecule is CCc1cccc(-n2ccn3c(=O)n(CC4CCC4)nc3c2=O)c1. The van der Waals surface area contributed by atoms with Crippen molar-refractivity contribution in [3.63, 3.8) is 0 Å². The molecule has 2 heterocycles. The van der Waals surface area contributed by atoms with E-state index in [1.54, 1.807) is 17.0 Å².